The predicted molar refractivity (Wildman–Crippen MR) is 111 cm³/mol. The van der Waals surface area contributed by atoms with Gasteiger partial charge >= 0.3 is 0 Å². The number of rotatable bonds is 10. The van der Waals surface area contributed by atoms with E-state index in [-0.39, 0.29) is 11.4 Å². The van der Waals surface area contributed by atoms with Crippen molar-refractivity contribution in [1.29, 1.82) is 0 Å². The lowest BCUT2D eigenvalue weighted by Gasteiger charge is -2.35. The van der Waals surface area contributed by atoms with E-state index < -0.39 is 0 Å². The summed E-state index contributed by atoms with van der Waals surface area (Å²) < 4.78 is 5.83. The van der Waals surface area contributed by atoms with Crippen LogP contribution in [-0.4, -0.2) is 22.9 Å². The van der Waals surface area contributed by atoms with Crippen molar-refractivity contribution in [3.8, 4) is 0 Å². The van der Waals surface area contributed by atoms with Gasteiger partial charge in [-0.2, -0.15) is 0 Å². The van der Waals surface area contributed by atoms with Crippen molar-refractivity contribution in [3.05, 3.63) is 59.5 Å². The minimum absolute atomic E-state index is 0.00959. The quantitative estimate of drug-likeness (QED) is 0.570. The molecule has 2 rings (SSSR count). The van der Waals surface area contributed by atoms with Gasteiger partial charge in [0.25, 0.3) is 5.91 Å². The Hall–Kier alpha value is -2.07. The maximum atomic E-state index is 12.2. The molecular weight excluding hydrogens is 336 g/mol. The van der Waals surface area contributed by atoms with Crippen LogP contribution >= 0.6 is 0 Å². The van der Waals surface area contributed by atoms with E-state index in [9.17, 15) is 4.79 Å². The molecule has 1 aromatic carbocycles. The van der Waals surface area contributed by atoms with Crippen molar-refractivity contribution < 1.29 is 9.21 Å². The maximum absolute atomic E-state index is 12.2. The number of hydrogen-bond donors (Lipinski definition) is 1. The first-order valence-electron chi connectivity index (χ1n) is 10.1. The molecule has 0 aliphatic rings. The molecule has 1 aromatic heterocycles. The molecule has 0 aliphatic carbocycles. The molecule has 0 saturated heterocycles. The maximum Gasteiger partial charge on any atom is 0.286 e. The number of benzene rings is 1. The summed E-state index contributed by atoms with van der Waals surface area (Å²) in [7, 11) is 0. The molecular formula is C23H34N2O2. The number of amides is 1. The lowest BCUT2D eigenvalue weighted by Crippen LogP contribution is -2.40. The van der Waals surface area contributed by atoms with E-state index in [2.05, 4.69) is 62.2 Å². The first-order chi connectivity index (χ1) is 12.9. The number of hydrogen-bond acceptors (Lipinski definition) is 3. The molecule has 148 valence electrons. The Kier molecular flexibility index (Phi) is 8.11. The van der Waals surface area contributed by atoms with Crippen LogP contribution in [0.5, 0.6) is 0 Å². The fourth-order valence-electron chi connectivity index (χ4n) is 2.95. The van der Waals surface area contributed by atoms with E-state index in [0.29, 0.717) is 18.8 Å². The van der Waals surface area contributed by atoms with E-state index in [1.54, 1.807) is 6.07 Å². The summed E-state index contributed by atoms with van der Waals surface area (Å²) in [5, 5.41) is 2.95. The molecule has 0 radical (unpaired) electrons. The SMILES string of the molecule is CCCCCCNC(=O)c1ccc(CN(Cc2ccccc2)C(C)(C)C)o1. The van der Waals surface area contributed by atoms with Crippen LogP contribution in [0.15, 0.2) is 46.9 Å². The fourth-order valence-corrected chi connectivity index (χ4v) is 2.95. The van der Waals surface area contributed by atoms with Crippen LogP contribution in [0.1, 0.15) is 75.3 Å². The highest BCUT2D eigenvalue weighted by Gasteiger charge is 2.23. The third kappa shape index (κ3) is 7.22. The van der Waals surface area contributed by atoms with Crippen molar-refractivity contribution in [1.82, 2.24) is 10.2 Å². The topological polar surface area (TPSA) is 45.5 Å². The summed E-state index contributed by atoms with van der Waals surface area (Å²) in [5.74, 6) is 1.09. The molecule has 0 saturated carbocycles. The number of nitrogens with zero attached hydrogens (tertiary/aromatic N) is 1. The molecule has 0 fully saturated rings. The average molecular weight is 371 g/mol. The van der Waals surface area contributed by atoms with Crippen molar-refractivity contribution in [2.75, 3.05) is 6.54 Å². The van der Waals surface area contributed by atoms with Crippen LogP contribution in [0.25, 0.3) is 0 Å². The van der Waals surface area contributed by atoms with Crippen molar-refractivity contribution in [2.45, 2.75) is 72.0 Å². The Morgan fingerprint density at radius 3 is 2.41 bits per heavy atom. The van der Waals surface area contributed by atoms with Gasteiger partial charge in [-0.05, 0) is 44.9 Å². The van der Waals surface area contributed by atoms with Crippen molar-refractivity contribution >= 4 is 5.91 Å². The summed E-state index contributed by atoms with van der Waals surface area (Å²) in [4.78, 5) is 14.6. The summed E-state index contributed by atoms with van der Waals surface area (Å²) >= 11 is 0. The van der Waals surface area contributed by atoms with Crippen LogP contribution < -0.4 is 5.32 Å². The van der Waals surface area contributed by atoms with Gasteiger partial charge in [0.2, 0.25) is 0 Å². The summed E-state index contributed by atoms with van der Waals surface area (Å²) in [6.07, 6.45) is 4.58. The molecule has 4 nitrogen and oxygen atoms in total. The monoisotopic (exact) mass is 370 g/mol. The van der Waals surface area contributed by atoms with Crippen LogP contribution in [0.4, 0.5) is 0 Å². The highest BCUT2D eigenvalue weighted by Crippen LogP contribution is 2.21. The first kappa shape index (κ1) is 21.2. The highest BCUT2D eigenvalue weighted by atomic mass is 16.4. The first-order valence-corrected chi connectivity index (χ1v) is 10.1. The number of carbonyl (C=O) groups excluding carboxylic acids is 1. The smallest absolute Gasteiger partial charge is 0.286 e. The number of unbranched alkanes of at least 4 members (excludes halogenated alkanes) is 3. The Labute approximate surface area is 163 Å². The summed E-state index contributed by atoms with van der Waals surface area (Å²) in [5.41, 5.74) is 1.26. The predicted octanol–water partition coefficient (Wildman–Crippen LogP) is 5.39. The van der Waals surface area contributed by atoms with Crippen molar-refractivity contribution in [3.63, 3.8) is 0 Å². The van der Waals surface area contributed by atoms with Crippen LogP contribution in [0.3, 0.4) is 0 Å². The van der Waals surface area contributed by atoms with Gasteiger partial charge in [-0.1, -0.05) is 56.5 Å². The van der Waals surface area contributed by atoms with Gasteiger partial charge in [-0.25, -0.2) is 0 Å². The minimum Gasteiger partial charge on any atom is -0.455 e. The zero-order valence-electron chi connectivity index (χ0n) is 17.3. The van der Waals surface area contributed by atoms with E-state index in [1.807, 2.05) is 12.1 Å². The molecule has 0 atom stereocenters. The van der Waals surface area contributed by atoms with Gasteiger partial charge in [0.1, 0.15) is 5.76 Å². The molecule has 2 aromatic rings. The van der Waals surface area contributed by atoms with Gasteiger partial charge in [0.15, 0.2) is 5.76 Å². The largest absolute Gasteiger partial charge is 0.455 e. The van der Waals surface area contributed by atoms with Gasteiger partial charge < -0.3 is 9.73 Å². The number of furan rings is 1. The van der Waals surface area contributed by atoms with Crippen LogP contribution in [-0.2, 0) is 13.1 Å². The standard InChI is InChI=1S/C23H34N2O2/c1-5-6-7-11-16-24-22(26)21-15-14-20(27-21)18-25(23(2,3)4)17-19-12-9-8-10-13-19/h8-10,12-15H,5-7,11,16-18H2,1-4H3,(H,24,26). The third-order valence-corrected chi connectivity index (χ3v) is 4.71. The molecule has 1 N–H and O–H groups in total. The molecule has 4 heteroatoms. The van der Waals surface area contributed by atoms with Gasteiger partial charge in [-0.15, -0.1) is 0 Å². The molecule has 0 unspecified atom stereocenters. The molecule has 0 spiro atoms. The van der Waals surface area contributed by atoms with Gasteiger partial charge in [0, 0.05) is 18.6 Å². The highest BCUT2D eigenvalue weighted by molar-refractivity contribution is 5.91. The van der Waals surface area contributed by atoms with Gasteiger partial charge in [0.05, 0.1) is 6.54 Å². The normalized spacial score (nSPS) is 11.7. The van der Waals surface area contributed by atoms with E-state index in [4.69, 9.17) is 4.42 Å². The summed E-state index contributed by atoms with van der Waals surface area (Å²) in [6, 6.07) is 14.1. The lowest BCUT2D eigenvalue weighted by molar-refractivity contribution is 0.0905. The Bertz CT molecular complexity index is 686. The third-order valence-electron chi connectivity index (χ3n) is 4.71. The zero-order valence-corrected chi connectivity index (χ0v) is 17.3. The Balaban J connectivity index is 1.94. The van der Waals surface area contributed by atoms with Crippen LogP contribution in [0, 0.1) is 0 Å². The molecule has 1 heterocycles. The minimum atomic E-state index is -0.122. The Morgan fingerprint density at radius 1 is 1.00 bits per heavy atom. The molecule has 27 heavy (non-hydrogen) atoms. The molecule has 0 aliphatic heterocycles. The van der Waals surface area contributed by atoms with E-state index >= 15 is 0 Å². The number of carbonyl (C=O) groups is 1. The lowest BCUT2D eigenvalue weighted by atomic mass is 10.0. The Morgan fingerprint density at radius 2 is 1.74 bits per heavy atom. The van der Waals surface area contributed by atoms with E-state index in [0.717, 1.165) is 25.1 Å². The van der Waals surface area contributed by atoms with E-state index in [1.165, 1.54) is 18.4 Å². The van der Waals surface area contributed by atoms with Crippen molar-refractivity contribution in [2.24, 2.45) is 0 Å². The molecule has 0 bridgehead atoms. The summed E-state index contributed by atoms with van der Waals surface area (Å²) in [6.45, 7) is 11.0. The fraction of sp³-hybridized carbons (Fsp3) is 0.522. The van der Waals surface area contributed by atoms with Crippen LogP contribution in [0.2, 0.25) is 0 Å². The number of nitrogens with one attached hydrogen (secondary N) is 1. The second kappa shape index (κ2) is 10.3. The zero-order chi connectivity index (χ0) is 19.7. The second-order valence-corrected chi connectivity index (χ2v) is 8.10. The molecule has 1 amide bonds. The average Bonchev–Trinajstić information content (AvgIpc) is 3.10. The second-order valence-electron chi connectivity index (χ2n) is 8.10. The van der Waals surface area contributed by atoms with Gasteiger partial charge in [-0.3, -0.25) is 9.69 Å².